The highest BCUT2D eigenvalue weighted by molar-refractivity contribution is 8.00. The fourth-order valence-corrected chi connectivity index (χ4v) is 8.65. The molecule has 6 heteroatoms. The molecule has 2 fully saturated rings. The van der Waals surface area contributed by atoms with Crippen LogP contribution in [0.25, 0.3) is 0 Å². The average Bonchev–Trinajstić information content (AvgIpc) is 2.74. The van der Waals surface area contributed by atoms with Crippen LogP contribution in [0.1, 0.15) is 124 Å². The Morgan fingerprint density at radius 1 is 0.636 bits per heavy atom. The number of carboxylic acid groups (broad SMARTS) is 2. The molecular formula is C27H48O4S2. The highest BCUT2D eigenvalue weighted by Gasteiger charge is 2.30. The third-order valence-electron chi connectivity index (χ3n) is 7.74. The molecule has 0 saturated carbocycles. The standard InChI is InChI=1S/C27H48O4S2/c1-26(2,24(28)29)18-8-16-22-14-6-12-20(32-22)10-5-11-21-13-7-15-23(33-21)17-9-19-27(3,4)25(30)31/h20-23H,5-19H2,1-4H3,(H,28,29)(H,30,31). The summed E-state index contributed by atoms with van der Waals surface area (Å²) in [5, 5.41) is 21.6. The van der Waals surface area contributed by atoms with E-state index in [9.17, 15) is 19.8 Å². The number of aliphatic carboxylic acids is 2. The molecule has 2 aliphatic rings. The van der Waals surface area contributed by atoms with E-state index in [0.717, 1.165) is 59.5 Å². The molecule has 0 bridgehead atoms. The quantitative estimate of drug-likeness (QED) is 0.251. The molecule has 33 heavy (non-hydrogen) atoms. The van der Waals surface area contributed by atoms with Crippen LogP contribution in [0.2, 0.25) is 0 Å². The second-order valence-electron chi connectivity index (χ2n) is 11.7. The first-order valence-corrected chi connectivity index (χ1v) is 15.2. The monoisotopic (exact) mass is 500 g/mol. The van der Waals surface area contributed by atoms with Crippen molar-refractivity contribution in [2.24, 2.45) is 10.8 Å². The molecule has 2 aliphatic heterocycles. The first-order chi connectivity index (χ1) is 15.5. The zero-order valence-electron chi connectivity index (χ0n) is 21.4. The Labute approximate surface area is 210 Å². The highest BCUT2D eigenvalue weighted by atomic mass is 32.2. The first-order valence-electron chi connectivity index (χ1n) is 13.3. The Kier molecular flexibility index (Phi) is 11.9. The number of carbonyl (C=O) groups is 2. The Hall–Kier alpha value is -0.360. The largest absolute Gasteiger partial charge is 0.481 e. The van der Waals surface area contributed by atoms with Crippen molar-refractivity contribution in [2.45, 2.75) is 145 Å². The van der Waals surface area contributed by atoms with Gasteiger partial charge in [-0.05, 0) is 91.9 Å². The summed E-state index contributed by atoms with van der Waals surface area (Å²) in [5.41, 5.74) is -1.19. The van der Waals surface area contributed by atoms with Gasteiger partial charge in [-0.3, -0.25) is 9.59 Å². The number of thioether (sulfide) groups is 2. The van der Waals surface area contributed by atoms with Gasteiger partial charge in [0.1, 0.15) is 0 Å². The van der Waals surface area contributed by atoms with E-state index < -0.39 is 22.8 Å². The first kappa shape index (κ1) is 28.9. The molecule has 0 radical (unpaired) electrons. The van der Waals surface area contributed by atoms with Crippen LogP contribution >= 0.6 is 23.5 Å². The fourth-order valence-electron chi connectivity index (χ4n) is 5.14. The van der Waals surface area contributed by atoms with Crippen LogP contribution in [-0.4, -0.2) is 43.2 Å². The molecule has 2 N–H and O–H groups in total. The third kappa shape index (κ3) is 10.4. The summed E-state index contributed by atoms with van der Waals surface area (Å²) >= 11 is 4.38. The summed E-state index contributed by atoms with van der Waals surface area (Å²) in [4.78, 5) is 22.6. The Balaban J connectivity index is 1.62. The van der Waals surface area contributed by atoms with Crippen LogP contribution in [0.15, 0.2) is 0 Å². The predicted octanol–water partition coefficient (Wildman–Crippen LogP) is 8.03. The number of carboxylic acids is 2. The molecule has 0 aromatic heterocycles. The lowest BCUT2D eigenvalue weighted by molar-refractivity contribution is -0.148. The zero-order chi connectivity index (χ0) is 24.5. The van der Waals surface area contributed by atoms with Gasteiger partial charge in [0.25, 0.3) is 0 Å². The van der Waals surface area contributed by atoms with Crippen molar-refractivity contribution in [1.29, 1.82) is 0 Å². The van der Waals surface area contributed by atoms with Gasteiger partial charge in [0, 0.05) is 21.0 Å². The molecule has 2 rings (SSSR count). The van der Waals surface area contributed by atoms with E-state index in [1.165, 1.54) is 57.8 Å². The highest BCUT2D eigenvalue weighted by Crippen LogP contribution is 2.41. The van der Waals surface area contributed by atoms with Gasteiger partial charge in [0.2, 0.25) is 0 Å². The molecule has 4 atom stereocenters. The van der Waals surface area contributed by atoms with Crippen molar-refractivity contribution >= 4 is 35.5 Å². The van der Waals surface area contributed by atoms with Gasteiger partial charge >= 0.3 is 11.9 Å². The minimum Gasteiger partial charge on any atom is -0.481 e. The molecule has 0 amide bonds. The molecule has 0 spiro atoms. The Bertz CT molecular complexity index is 567. The van der Waals surface area contributed by atoms with Gasteiger partial charge in [-0.15, -0.1) is 0 Å². The van der Waals surface area contributed by atoms with Crippen LogP contribution < -0.4 is 0 Å². The normalized spacial score (nSPS) is 26.8. The molecule has 4 nitrogen and oxygen atoms in total. The molecule has 4 unspecified atom stereocenters. The van der Waals surface area contributed by atoms with Crippen LogP contribution in [0.4, 0.5) is 0 Å². The molecule has 192 valence electrons. The second-order valence-corrected chi connectivity index (χ2v) is 14.9. The molecule has 0 aromatic carbocycles. The van der Waals surface area contributed by atoms with Crippen molar-refractivity contribution in [2.75, 3.05) is 0 Å². The maximum Gasteiger partial charge on any atom is 0.309 e. The Morgan fingerprint density at radius 2 is 0.939 bits per heavy atom. The van der Waals surface area contributed by atoms with Gasteiger partial charge in [-0.1, -0.05) is 32.1 Å². The average molecular weight is 501 g/mol. The summed E-state index contributed by atoms with van der Waals surface area (Å²) in [6.07, 6.45) is 17.9. The smallest absolute Gasteiger partial charge is 0.309 e. The maximum absolute atomic E-state index is 11.3. The molecule has 2 heterocycles. The number of rotatable bonds is 14. The van der Waals surface area contributed by atoms with E-state index in [1.54, 1.807) is 0 Å². The van der Waals surface area contributed by atoms with Crippen molar-refractivity contribution in [3.63, 3.8) is 0 Å². The van der Waals surface area contributed by atoms with Gasteiger partial charge in [0.05, 0.1) is 10.8 Å². The van der Waals surface area contributed by atoms with Crippen molar-refractivity contribution in [1.82, 2.24) is 0 Å². The lowest BCUT2D eigenvalue weighted by Crippen LogP contribution is -2.24. The molecular weight excluding hydrogens is 452 g/mol. The molecule has 0 aliphatic carbocycles. The SMILES string of the molecule is CC(C)(CCCC1CCCC(CCCC2CCCC(CCCC(C)(C)C(=O)O)S2)S1)C(=O)O. The second kappa shape index (κ2) is 13.7. The Morgan fingerprint density at radius 3 is 1.24 bits per heavy atom. The van der Waals surface area contributed by atoms with Crippen LogP contribution in [0, 0.1) is 10.8 Å². The van der Waals surface area contributed by atoms with E-state index in [4.69, 9.17) is 0 Å². The summed E-state index contributed by atoms with van der Waals surface area (Å²) in [6.45, 7) is 7.38. The molecule has 0 aromatic rings. The summed E-state index contributed by atoms with van der Waals surface area (Å²) < 4.78 is 0. The van der Waals surface area contributed by atoms with Crippen molar-refractivity contribution < 1.29 is 19.8 Å². The fraction of sp³-hybridized carbons (Fsp3) is 0.926. The summed E-state index contributed by atoms with van der Waals surface area (Å²) in [7, 11) is 0. The number of hydrogen-bond acceptors (Lipinski definition) is 4. The van der Waals surface area contributed by atoms with E-state index in [2.05, 4.69) is 23.5 Å². The van der Waals surface area contributed by atoms with E-state index >= 15 is 0 Å². The third-order valence-corrected chi connectivity index (χ3v) is 11.2. The minimum atomic E-state index is -0.677. The zero-order valence-corrected chi connectivity index (χ0v) is 23.1. The topological polar surface area (TPSA) is 74.6 Å². The van der Waals surface area contributed by atoms with Crippen LogP contribution in [0.5, 0.6) is 0 Å². The van der Waals surface area contributed by atoms with E-state index in [0.29, 0.717) is 0 Å². The number of hydrogen-bond donors (Lipinski definition) is 2. The predicted molar refractivity (Wildman–Crippen MR) is 142 cm³/mol. The maximum atomic E-state index is 11.3. The summed E-state index contributed by atoms with van der Waals surface area (Å²) in [5.74, 6) is -1.35. The minimum absolute atomic E-state index is 0.597. The lowest BCUT2D eigenvalue weighted by atomic mass is 9.87. The van der Waals surface area contributed by atoms with Crippen LogP contribution in [0.3, 0.4) is 0 Å². The van der Waals surface area contributed by atoms with Gasteiger partial charge in [0.15, 0.2) is 0 Å². The van der Waals surface area contributed by atoms with E-state index in [-0.39, 0.29) is 0 Å². The van der Waals surface area contributed by atoms with Gasteiger partial charge in [-0.25, -0.2) is 0 Å². The van der Waals surface area contributed by atoms with E-state index in [1.807, 2.05) is 27.7 Å². The summed E-state index contributed by atoms with van der Waals surface area (Å²) in [6, 6.07) is 0. The van der Waals surface area contributed by atoms with Crippen molar-refractivity contribution in [3.05, 3.63) is 0 Å². The van der Waals surface area contributed by atoms with Gasteiger partial charge in [-0.2, -0.15) is 23.5 Å². The van der Waals surface area contributed by atoms with Gasteiger partial charge < -0.3 is 10.2 Å². The van der Waals surface area contributed by atoms with Crippen LogP contribution in [-0.2, 0) is 9.59 Å². The van der Waals surface area contributed by atoms with Crippen molar-refractivity contribution in [3.8, 4) is 0 Å². The lowest BCUT2D eigenvalue weighted by Gasteiger charge is -2.31. The molecule has 2 saturated heterocycles.